The Bertz CT molecular complexity index is 1080. The molecule has 0 N–H and O–H groups in total. The number of hydrogen-bond donors (Lipinski definition) is 0. The van der Waals surface area contributed by atoms with Gasteiger partial charge in [0, 0.05) is 17.4 Å². The molecule has 0 unspecified atom stereocenters. The van der Waals surface area contributed by atoms with Crippen molar-refractivity contribution in [2.24, 2.45) is 0 Å². The maximum atomic E-state index is 5.50. The van der Waals surface area contributed by atoms with Crippen LogP contribution in [-0.4, -0.2) is 29.0 Å². The Hall–Kier alpha value is -3.25. The maximum absolute atomic E-state index is 5.50. The minimum Gasteiger partial charge on any atom is -0.493 e. The van der Waals surface area contributed by atoms with Gasteiger partial charge in [0.25, 0.3) is 0 Å². The van der Waals surface area contributed by atoms with E-state index in [9.17, 15) is 0 Å². The molecule has 29 heavy (non-hydrogen) atoms. The Morgan fingerprint density at radius 2 is 1.48 bits per heavy atom. The standard InChI is InChI=1S/C23H21N3O2S/c1-27-20-14-13-19(15-21(20)28-2)26-22(18-11-7-4-8-12-18)24-25-23(26)29-16-17-9-5-3-6-10-17/h3-15H,16H2,1-2H3. The highest BCUT2D eigenvalue weighted by Gasteiger charge is 2.17. The predicted octanol–water partition coefficient (Wildman–Crippen LogP) is 5.24. The molecule has 0 saturated carbocycles. The Morgan fingerprint density at radius 1 is 0.793 bits per heavy atom. The van der Waals surface area contributed by atoms with Crippen LogP contribution in [0.15, 0.2) is 84.0 Å². The smallest absolute Gasteiger partial charge is 0.196 e. The van der Waals surface area contributed by atoms with Gasteiger partial charge in [0.1, 0.15) is 0 Å². The first-order chi connectivity index (χ1) is 14.3. The summed E-state index contributed by atoms with van der Waals surface area (Å²) in [6.07, 6.45) is 0. The van der Waals surface area contributed by atoms with Gasteiger partial charge >= 0.3 is 0 Å². The second-order valence-corrected chi connectivity index (χ2v) is 7.26. The van der Waals surface area contributed by atoms with E-state index in [1.165, 1.54) is 5.56 Å². The normalized spacial score (nSPS) is 10.7. The van der Waals surface area contributed by atoms with Crippen molar-refractivity contribution in [1.29, 1.82) is 0 Å². The molecule has 0 saturated heterocycles. The Morgan fingerprint density at radius 3 is 2.17 bits per heavy atom. The lowest BCUT2D eigenvalue weighted by Gasteiger charge is -2.13. The molecule has 6 heteroatoms. The first-order valence-corrected chi connectivity index (χ1v) is 10.2. The molecule has 0 aliphatic heterocycles. The van der Waals surface area contributed by atoms with Crippen LogP contribution >= 0.6 is 11.8 Å². The van der Waals surface area contributed by atoms with Crippen LogP contribution in [0.5, 0.6) is 11.5 Å². The van der Waals surface area contributed by atoms with Crippen LogP contribution in [0.4, 0.5) is 0 Å². The molecule has 0 aliphatic carbocycles. The van der Waals surface area contributed by atoms with Crippen molar-refractivity contribution < 1.29 is 9.47 Å². The van der Waals surface area contributed by atoms with E-state index < -0.39 is 0 Å². The van der Waals surface area contributed by atoms with E-state index >= 15 is 0 Å². The number of methoxy groups -OCH3 is 2. The van der Waals surface area contributed by atoms with Crippen LogP contribution in [-0.2, 0) is 5.75 Å². The van der Waals surface area contributed by atoms with Crippen molar-refractivity contribution in [1.82, 2.24) is 14.8 Å². The van der Waals surface area contributed by atoms with Crippen LogP contribution in [0.3, 0.4) is 0 Å². The molecule has 4 aromatic rings. The number of thioether (sulfide) groups is 1. The first-order valence-electron chi connectivity index (χ1n) is 9.20. The van der Waals surface area contributed by atoms with Gasteiger partial charge in [-0.2, -0.15) is 0 Å². The van der Waals surface area contributed by atoms with E-state index in [0.717, 1.165) is 28.0 Å². The second kappa shape index (κ2) is 8.84. The number of hydrogen-bond acceptors (Lipinski definition) is 5. The molecule has 0 atom stereocenters. The van der Waals surface area contributed by atoms with Gasteiger partial charge in [-0.05, 0) is 17.7 Å². The van der Waals surface area contributed by atoms with E-state index in [2.05, 4.69) is 26.9 Å². The molecule has 0 aliphatic rings. The van der Waals surface area contributed by atoms with Gasteiger partial charge in [0.05, 0.1) is 19.9 Å². The number of nitrogens with zero attached hydrogens (tertiary/aromatic N) is 3. The summed E-state index contributed by atoms with van der Waals surface area (Å²) in [6.45, 7) is 0. The minimum absolute atomic E-state index is 0.664. The zero-order valence-electron chi connectivity index (χ0n) is 16.3. The summed E-state index contributed by atoms with van der Waals surface area (Å²) in [5.41, 5.74) is 3.16. The molecule has 1 heterocycles. The lowest BCUT2D eigenvalue weighted by Crippen LogP contribution is -2.01. The fourth-order valence-corrected chi connectivity index (χ4v) is 3.96. The molecule has 3 aromatic carbocycles. The molecular weight excluding hydrogens is 382 g/mol. The predicted molar refractivity (Wildman–Crippen MR) is 116 cm³/mol. The van der Waals surface area contributed by atoms with E-state index in [-0.39, 0.29) is 0 Å². The van der Waals surface area contributed by atoms with Crippen LogP contribution in [0.1, 0.15) is 5.56 Å². The Balaban J connectivity index is 1.78. The summed E-state index contributed by atoms with van der Waals surface area (Å²) in [6, 6.07) is 26.2. The van der Waals surface area contributed by atoms with Gasteiger partial charge in [-0.3, -0.25) is 4.57 Å². The van der Waals surface area contributed by atoms with Gasteiger partial charge in [-0.1, -0.05) is 72.4 Å². The largest absolute Gasteiger partial charge is 0.493 e. The average Bonchev–Trinajstić information content (AvgIpc) is 3.22. The molecule has 0 amide bonds. The van der Waals surface area contributed by atoms with Crippen LogP contribution < -0.4 is 9.47 Å². The lowest BCUT2D eigenvalue weighted by molar-refractivity contribution is 0.355. The molecular formula is C23H21N3O2S. The highest BCUT2D eigenvalue weighted by Crippen LogP contribution is 2.34. The van der Waals surface area contributed by atoms with Gasteiger partial charge < -0.3 is 9.47 Å². The third-order valence-electron chi connectivity index (χ3n) is 4.50. The fraction of sp³-hybridized carbons (Fsp3) is 0.130. The maximum Gasteiger partial charge on any atom is 0.196 e. The van der Waals surface area contributed by atoms with E-state index in [1.807, 2.05) is 66.7 Å². The molecule has 5 nitrogen and oxygen atoms in total. The van der Waals surface area contributed by atoms with Gasteiger partial charge in [-0.25, -0.2) is 0 Å². The zero-order valence-corrected chi connectivity index (χ0v) is 17.1. The Kier molecular flexibility index (Phi) is 5.81. The zero-order chi connectivity index (χ0) is 20.1. The molecule has 1 aromatic heterocycles. The van der Waals surface area contributed by atoms with E-state index in [0.29, 0.717) is 11.5 Å². The molecule has 146 valence electrons. The first kappa shape index (κ1) is 19.1. The topological polar surface area (TPSA) is 49.2 Å². The van der Waals surface area contributed by atoms with Gasteiger partial charge in [-0.15, -0.1) is 10.2 Å². The second-order valence-electron chi connectivity index (χ2n) is 6.32. The third kappa shape index (κ3) is 4.12. The lowest BCUT2D eigenvalue weighted by atomic mass is 10.2. The number of ether oxygens (including phenoxy) is 2. The summed E-state index contributed by atoms with van der Waals surface area (Å²) in [5, 5.41) is 9.80. The molecule has 4 rings (SSSR count). The third-order valence-corrected chi connectivity index (χ3v) is 5.50. The quantitative estimate of drug-likeness (QED) is 0.395. The van der Waals surface area contributed by atoms with Crippen molar-refractivity contribution in [3.05, 3.63) is 84.4 Å². The average molecular weight is 404 g/mol. The summed E-state index contributed by atoms with van der Waals surface area (Å²) >= 11 is 1.65. The highest BCUT2D eigenvalue weighted by atomic mass is 32.2. The van der Waals surface area contributed by atoms with Gasteiger partial charge in [0.2, 0.25) is 0 Å². The van der Waals surface area contributed by atoms with Crippen molar-refractivity contribution in [3.63, 3.8) is 0 Å². The van der Waals surface area contributed by atoms with E-state index in [4.69, 9.17) is 9.47 Å². The van der Waals surface area contributed by atoms with E-state index in [1.54, 1.807) is 26.0 Å². The van der Waals surface area contributed by atoms with Crippen LogP contribution in [0.25, 0.3) is 17.1 Å². The molecule has 0 bridgehead atoms. The van der Waals surface area contributed by atoms with Crippen molar-refractivity contribution in [3.8, 4) is 28.6 Å². The number of rotatable bonds is 7. The van der Waals surface area contributed by atoms with Crippen molar-refractivity contribution in [2.45, 2.75) is 10.9 Å². The highest BCUT2D eigenvalue weighted by molar-refractivity contribution is 7.98. The fourth-order valence-electron chi connectivity index (χ4n) is 3.06. The number of benzene rings is 3. The summed E-state index contributed by atoms with van der Waals surface area (Å²) in [7, 11) is 3.27. The molecule has 0 radical (unpaired) electrons. The van der Waals surface area contributed by atoms with Crippen molar-refractivity contribution >= 4 is 11.8 Å². The molecule has 0 spiro atoms. The summed E-state index contributed by atoms with van der Waals surface area (Å²) in [5.74, 6) is 2.94. The number of aromatic nitrogens is 3. The minimum atomic E-state index is 0.664. The van der Waals surface area contributed by atoms with Crippen LogP contribution in [0, 0.1) is 0 Å². The monoisotopic (exact) mass is 403 g/mol. The van der Waals surface area contributed by atoms with Crippen LogP contribution in [0.2, 0.25) is 0 Å². The Labute approximate surface area is 174 Å². The summed E-state index contributed by atoms with van der Waals surface area (Å²) < 4.78 is 13.0. The SMILES string of the molecule is COc1ccc(-n2c(SCc3ccccc3)nnc2-c2ccccc2)cc1OC. The van der Waals surface area contributed by atoms with Crippen molar-refractivity contribution in [2.75, 3.05) is 14.2 Å². The molecule has 0 fully saturated rings. The van der Waals surface area contributed by atoms with Gasteiger partial charge in [0.15, 0.2) is 22.5 Å². The summed E-state index contributed by atoms with van der Waals surface area (Å²) in [4.78, 5) is 0.